The van der Waals surface area contributed by atoms with Crippen molar-refractivity contribution in [1.29, 1.82) is 0 Å². The first-order chi connectivity index (χ1) is 6.98. The normalized spacial score (nSPS) is 24.4. The molecular formula is C12H16ClNS. The average Bonchev–Trinajstić information content (AvgIpc) is 2.51. The fraction of sp³-hybridized carbons (Fsp3) is 0.500. The lowest BCUT2D eigenvalue weighted by atomic mass is 10.1. The molecule has 0 aromatic heterocycles. The van der Waals surface area contributed by atoms with Crippen molar-refractivity contribution in [1.82, 2.24) is 5.32 Å². The van der Waals surface area contributed by atoms with Crippen LogP contribution in [0.15, 0.2) is 18.2 Å². The van der Waals surface area contributed by atoms with Crippen LogP contribution in [0.1, 0.15) is 30.3 Å². The van der Waals surface area contributed by atoms with Gasteiger partial charge in [-0.3, -0.25) is 5.32 Å². The zero-order valence-corrected chi connectivity index (χ0v) is 10.9. The molecule has 0 saturated carbocycles. The Hall–Kier alpha value is -0.180. The Kier molecular flexibility index (Phi) is 3.02. The van der Waals surface area contributed by atoms with E-state index in [1.54, 1.807) is 0 Å². The smallest absolute Gasteiger partial charge is 0.0794 e. The minimum atomic E-state index is 0.229. The van der Waals surface area contributed by atoms with Gasteiger partial charge in [0.1, 0.15) is 0 Å². The number of halogens is 1. The van der Waals surface area contributed by atoms with Crippen molar-refractivity contribution < 1.29 is 0 Å². The Bertz CT molecular complexity index is 376. The van der Waals surface area contributed by atoms with Crippen molar-refractivity contribution in [3.63, 3.8) is 0 Å². The summed E-state index contributed by atoms with van der Waals surface area (Å²) < 4.78 is 0. The SMILES string of the molecule is Cc1ccc(C2NC(C)(C)CS2)cc1Cl. The van der Waals surface area contributed by atoms with Gasteiger partial charge >= 0.3 is 0 Å². The second-order valence-corrected chi connectivity index (χ2v) is 6.23. The van der Waals surface area contributed by atoms with Crippen LogP contribution in [-0.2, 0) is 0 Å². The van der Waals surface area contributed by atoms with E-state index in [2.05, 4.69) is 37.4 Å². The van der Waals surface area contributed by atoms with Crippen LogP contribution in [-0.4, -0.2) is 11.3 Å². The Morgan fingerprint density at radius 1 is 1.47 bits per heavy atom. The topological polar surface area (TPSA) is 12.0 Å². The highest BCUT2D eigenvalue weighted by atomic mass is 35.5. The van der Waals surface area contributed by atoms with Crippen LogP contribution < -0.4 is 5.32 Å². The molecule has 1 unspecified atom stereocenters. The highest BCUT2D eigenvalue weighted by Gasteiger charge is 2.31. The molecule has 1 N–H and O–H groups in total. The van der Waals surface area contributed by atoms with Crippen molar-refractivity contribution in [2.45, 2.75) is 31.7 Å². The fourth-order valence-corrected chi connectivity index (χ4v) is 3.28. The predicted molar refractivity (Wildman–Crippen MR) is 68.6 cm³/mol. The zero-order chi connectivity index (χ0) is 11.1. The molecule has 1 aromatic carbocycles. The first-order valence-corrected chi connectivity index (χ1v) is 6.56. The maximum absolute atomic E-state index is 6.13. The zero-order valence-electron chi connectivity index (χ0n) is 9.30. The molecule has 1 aromatic rings. The van der Waals surface area contributed by atoms with E-state index in [1.165, 1.54) is 5.56 Å². The molecule has 1 saturated heterocycles. The van der Waals surface area contributed by atoms with E-state index in [0.717, 1.165) is 16.3 Å². The van der Waals surface area contributed by atoms with Crippen LogP contribution in [0.4, 0.5) is 0 Å². The van der Waals surface area contributed by atoms with Gasteiger partial charge in [-0.25, -0.2) is 0 Å². The summed E-state index contributed by atoms with van der Waals surface area (Å²) in [5.74, 6) is 1.14. The largest absolute Gasteiger partial charge is 0.296 e. The summed E-state index contributed by atoms with van der Waals surface area (Å²) >= 11 is 8.07. The molecule has 3 heteroatoms. The molecule has 1 fully saturated rings. The van der Waals surface area contributed by atoms with Gasteiger partial charge in [-0.2, -0.15) is 0 Å². The van der Waals surface area contributed by atoms with Gasteiger partial charge < -0.3 is 0 Å². The van der Waals surface area contributed by atoms with Crippen molar-refractivity contribution >= 4 is 23.4 Å². The highest BCUT2D eigenvalue weighted by molar-refractivity contribution is 7.99. The van der Waals surface area contributed by atoms with E-state index in [4.69, 9.17) is 11.6 Å². The summed E-state index contributed by atoms with van der Waals surface area (Å²) in [5.41, 5.74) is 2.65. The van der Waals surface area contributed by atoms with E-state index < -0.39 is 0 Å². The summed E-state index contributed by atoms with van der Waals surface area (Å²) in [5, 5.41) is 4.85. The number of nitrogens with one attached hydrogen (secondary N) is 1. The van der Waals surface area contributed by atoms with Gasteiger partial charge in [0.15, 0.2) is 0 Å². The standard InChI is InChI=1S/C12H16ClNS/c1-8-4-5-9(6-10(8)13)11-14-12(2,3)7-15-11/h4-6,11,14H,7H2,1-3H3. The second kappa shape index (κ2) is 4.00. The quantitative estimate of drug-likeness (QED) is 0.804. The molecule has 0 aliphatic carbocycles. The first kappa shape index (κ1) is 11.3. The van der Waals surface area contributed by atoms with Crippen molar-refractivity contribution in [3.8, 4) is 0 Å². The number of rotatable bonds is 1. The van der Waals surface area contributed by atoms with Crippen LogP contribution in [0.25, 0.3) is 0 Å². The van der Waals surface area contributed by atoms with Crippen LogP contribution in [0.5, 0.6) is 0 Å². The lowest BCUT2D eigenvalue weighted by Crippen LogP contribution is -2.35. The molecular weight excluding hydrogens is 226 g/mol. The maximum Gasteiger partial charge on any atom is 0.0794 e. The molecule has 15 heavy (non-hydrogen) atoms. The summed E-state index contributed by atoms with van der Waals surface area (Å²) in [6.45, 7) is 6.50. The van der Waals surface area contributed by atoms with Gasteiger partial charge in [0, 0.05) is 16.3 Å². The van der Waals surface area contributed by atoms with Gasteiger partial charge in [-0.15, -0.1) is 11.8 Å². The van der Waals surface area contributed by atoms with Gasteiger partial charge in [0.25, 0.3) is 0 Å². The molecule has 1 heterocycles. The van der Waals surface area contributed by atoms with Crippen molar-refractivity contribution in [2.75, 3.05) is 5.75 Å². The van der Waals surface area contributed by atoms with Crippen LogP contribution >= 0.6 is 23.4 Å². The Labute approximate surface area is 101 Å². The minimum absolute atomic E-state index is 0.229. The molecule has 2 rings (SSSR count). The van der Waals surface area contributed by atoms with Crippen LogP contribution in [0.2, 0.25) is 5.02 Å². The number of aryl methyl sites for hydroxylation is 1. The second-order valence-electron chi connectivity index (χ2n) is 4.73. The number of hydrogen-bond acceptors (Lipinski definition) is 2. The Morgan fingerprint density at radius 2 is 2.20 bits per heavy atom. The van der Waals surface area contributed by atoms with Gasteiger partial charge in [-0.05, 0) is 38.0 Å². The molecule has 0 spiro atoms. The lowest BCUT2D eigenvalue weighted by molar-refractivity contribution is 0.452. The monoisotopic (exact) mass is 241 g/mol. The molecule has 0 radical (unpaired) electrons. The third-order valence-corrected chi connectivity index (χ3v) is 4.65. The van der Waals surface area contributed by atoms with E-state index in [9.17, 15) is 0 Å². The van der Waals surface area contributed by atoms with Crippen molar-refractivity contribution in [3.05, 3.63) is 34.3 Å². The van der Waals surface area contributed by atoms with Gasteiger partial charge in [0.05, 0.1) is 5.37 Å². The number of hydrogen-bond donors (Lipinski definition) is 1. The summed E-state index contributed by atoms with van der Waals surface area (Å²) in [6, 6.07) is 6.32. The first-order valence-electron chi connectivity index (χ1n) is 5.13. The predicted octanol–water partition coefficient (Wildman–Crippen LogP) is 3.76. The number of thioether (sulfide) groups is 1. The van der Waals surface area contributed by atoms with Crippen LogP contribution in [0, 0.1) is 6.92 Å². The lowest BCUT2D eigenvalue weighted by Gasteiger charge is -2.19. The Morgan fingerprint density at radius 3 is 2.73 bits per heavy atom. The number of benzene rings is 1. The van der Waals surface area contributed by atoms with Gasteiger partial charge in [-0.1, -0.05) is 23.7 Å². The molecule has 1 atom stereocenters. The summed E-state index contributed by atoms with van der Waals surface area (Å²) in [7, 11) is 0. The minimum Gasteiger partial charge on any atom is -0.296 e. The molecule has 1 nitrogen and oxygen atoms in total. The van der Waals surface area contributed by atoms with Crippen LogP contribution in [0.3, 0.4) is 0 Å². The molecule has 1 aliphatic rings. The Balaban J connectivity index is 2.21. The molecule has 0 amide bonds. The summed E-state index contributed by atoms with van der Waals surface area (Å²) in [6.07, 6.45) is 0. The molecule has 0 bridgehead atoms. The third kappa shape index (κ3) is 2.49. The average molecular weight is 242 g/mol. The van der Waals surface area contributed by atoms with E-state index in [1.807, 2.05) is 18.7 Å². The highest BCUT2D eigenvalue weighted by Crippen LogP contribution is 2.38. The third-order valence-electron chi connectivity index (χ3n) is 2.63. The summed E-state index contributed by atoms with van der Waals surface area (Å²) in [4.78, 5) is 0. The van der Waals surface area contributed by atoms with E-state index in [-0.39, 0.29) is 5.54 Å². The fourth-order valence-electron chi connectivity index (χ4n) is 1.68. The van der Waals surface area contributed by atoms with E-state index >= 15 is 0 Å². The molecule has 82 valence electrons. The molecule has 1 aliphatic heterocycles. The maximum atomic E-state index is 6.13. The van der Waals surface area contributed by atoms with Gasteiger partial charge in [0.2, 0.25) is 0 Å². The van der Waals surface area contributed by atoms with Crippen molar-refractivity contribution in [2.24, 2.45) is 0 Å². The van der Waals surface area contributed by atoms with E-state index in [0.29, 0.717) is 5.37 Å².